The molecule has 3 nitrogen and oxygen atoms in total. The van der Waals surface area contributed by atoms with Gasteiger partial charge in [-0.1, -0.05) is 23.3 Å². The maximum Gasteiger partial charge on any atom is 0.00475 e. The lowest BCUT2D eigenvalue weighted by Gasteiger charge is -1.76. The Bertz CT molecular complexity index is 147. The van der Waals surface area contributed by atoms with Crippen LogP contribution in [0.15, 0.2) is 29.5 Å². The molecule has 0 unspecified atom stereocenters. The smallest absolute Gasteiger partial charge is 0.00475 e. The first-order valence-electron chi connectivity index (χ1n) is 2.13. The summed E-state index contributed by atoms with van der Waals surface area (Å²) >= 11 is 0. The van der Waals surface area contributed by atoms with Gasteiger partial charge >= 0.3 is 0 Å². The van der Waals surface area contributed by atoms with Crippen LogP contribution in [-0.2, 0) is 0 Å². The van der Waals surface area contributed by atoms with Crippen LogP contribution in [0, 0.1) is 0 Å². The van der Waals surface area contributed by atoms with E-state index in [4.69, 9.17) is 5.53 Å². The van der Waals surface area contributed by atoms with E-state index in [1.54, 1.807) is 6.08 Å². The van der Waals surface area contributed by atoms with Gasteiger partial charge in [0, 0.05) is 11.1 Å². The first kappa shape index (κ1) is 6.79. The van der Waals surface area contributed by atoms with E-state index in [0.717, 1.165) is 5.57 Å². The van der Waals surface area contributed by atoms with E-state index in [1.165, 1.54) is 6.20 Å². The van der Waals surface area contributed by atoms with E-state index in [9.17, 15) is 0 Å². The molecule has 0 amide bonds. The van der Waals surface area contributed by atoms with Gasteiger partial charge in [0.1, 0.15) is 0 Å². The highest BCUT2D eigenvalue weighted by Crippen LogP contribution is 1.87. The average Bonchev–Trinajstić information content (AvgIpc) is 1.66. The first-order chi connectivity index (χ1) is 3.77. The molecule has 8 heavy (non-hydrogen) atoms. The lowest BCUT2D eigenvalue weighted by Crippen LogP contribution is -1.55. The zero-order valence-electron chi connectivity index (χ0n) is 4.70. The lowest BCUT2D eigenvalue weighted by molar-refractivity contribution is 1.46. The van der Waals surface area contributed by atoms with Crippen molar-refractivity contribution in [3.8, 4) is 0 Å². The molecule has 0 aliphatic heterocycles. The number of hydrogen-bond acceptors (Lipinski definition) is 1. The summed E-state index contributed by atoms with van der Waals surface area (Å²) in [6.07, 6.45) is 3.00. The molecule has 0 aliphatic rings. The lowest BCUT2D eigenvalue weighted by atomic mass is 10.3. The Morgan fingerprint density at radius 2 is 2.50 bits per heavy atom. The highest BCUT2D eigenvalue weighted by molar-refractivity contribution is 5.09. The van der Waals surface area contributed by atoms with Gasteiger partial charge in [0.15, 0.2) is 0 Å². The molecule has 0 aromatic heterocycles. The van der Waals surface area contributed by atoms with Gasteiger partial charge in [-0.2, -0.15) is 0 Å². The third kappa shape index (κ3) is 4.79. The predicted octanol–water partition coefficient (Wildman–Crippen LogP) is 2.39. The molecule has 0 radical (unpaired) electrons. The largest absolute Gasteiger partial charge is 0.0961 e. The summed E-state index contributed by atoms with van der Waals surface area (Å²) in [6.45, 7) is 5.38. The average molecular weight is 109 g/mol. The fourth-order valence-electron chi connectivity index (χ4n) is 0.190. The quantitative estimate of drug-likeness (QED) is 0.226. The molecule has 0 saturated carbocycles. The van der Waals surface area contributed by atoms with Gasteiger partial charge in [0.05, 0.1) is 0 Å². The fraction of sp³-hybridized carbons (Fsp3) is 0.200. The maximum atomic E-state index is 7.76. The van der Waals surface area contributed by atoms with Crippen LogP contribution in [0.4, 0.5) is 0 Å². The molecule has 0 saturated heterocycles. The molecule has 3 heteroatoms. The molecule has 0 fully saturated rings. The van der Waals surface area contributed by atoms with Crippen molar-refractivity contribution < 1.29 is 0 Å². The van der Waals surface area contributed by atoms with Crippen molar-refractivity contribution in [3.05, 3.63) is 34.9 Å². The molecule has 0 aromatic rings. The van der Waals surface area contributed by atoms with Crippen LogP contribution in [-0.4, -0.2) is 0 Å². The topological polar surface area (TPSA) is 48.8 Å². The van der Waals surface area contributed by atoms with Crippen molar-refractivity contribution in [2.75, 3.05) is 0 Å². The third-order valence-electron chi connectivity index (χ3n) is 0.477. The van der Waals surface area contributed by atoms with E-state index < -0.39 is 0 Å². The minimum absolute atomic E-state index is 0.873. The van der Waals surface area contributed by atoms with Crippen molar-refractivity contribution in [1.29, 1.82) is 0 Å². The number of nitrogens with zero attached hydrogens (tertiary/aromatic N) is 3. The molecule has 0 atom stereocenters. The molecule has 0 rings (SSSR count). The van der Waals surface area contributed by atoms with Gasteiger partial charge in [-0.15, -0.1) is 0 Å². The Hall–Kier alpha value is -1.21. The van der Waals surface area contributed by atoms with Gasteiger partial charge in [-0.3, -0.25) is 0 Å². The van der Waals surface area contributed by atoms with E-state index in [0.29, 0.717) is 0 Å². The highest BCUT2D eigenvalue weighted by Gasteiger charge is 1.66. The third-order valence-corrected chi connectivity index (χ3v) is 0.477. The summed E-state index contributed by atoms with van der Waals surface area (Å²) in [5.74, 6) is 0. The zero-order chi connectivity index (χ0) is 6.41. The highest BCUT2D eigenvalue weighted by atomic mass is 15.1. The Morgan fingerprint density at radius 1 is 1.88 bits per heavy atom. The van der Waals surface area contributed by atoms with Crippen LogP contribution in [0.2, 0.25) is 0 Å². The van der Waals surface area contributed by atoms with Crippen LogP contribution < -0.4 is 0 Å². The van der Waals surface area contributed by atoms with Crippen molar-refractivity contribution in [2.45, 2.75) is 6.92 Å². The normalized spacial score (nSPS) is 8.62. The molecule has 0 heterocycles. The summed E-state index contributed by atoms with van der Waals surface area (Å²) in [4.78, 5) is 2.50. The molecule has 0 N–H and O–H groups in total. The van der Waals surface area contributed by atoms with Crippen molar-refractivity contribution in [3.63, 3.8) is 0 Å². The van der Waals surface area contributed by atoms with Crippen molar-refractivity contribution >= 4 is 0 Å². The van der Waals surface area contributed by atoms with E-state index in [1.807, 2.05) is 6.92 Å². The molecule has 0 aliphatic carbocycles. The van der Waals surface area contributed by atoms with E-state index in [-0.39, 0.29) is 0 Å². The second kappa shape index (κ2) is 3.96. The molecule has 0 spiro atoms. The minimum atomic E-state index is 0.873. The standard InChI is InChI=1S/C5H7N3/c1-5(2)3-4-7-8-6/h3-4H,1H2,2H3. The Labute approximate surface area is 48.0 Å². The monoisotopic (exact) mass is 109 g/mol. The zero-order valence-corrected chi connectivity index (χ0v) is 4.70. The van der Waals surface area contributed by atoms with Crippen molar-refractivity contribution in [2.24, 2.45) is 5.11 Å². The summed E-state index contributed by atoms with van der Waals surface area (Å²) in [5.41, 5.74) is 8.63. The SMILES string of the molecule is C=C(C)C=CN=[N+]=[N-]. The van der Waals surface area contributed by atoms with Gasteiger partial charge < -0.3 is 0 Å². The second-order valence-electron chi connectivity index (χ2n) is 1.37. The summed E-state index contributed by atoms with van der Waals surface area (Å²) in [5, 5.41) is 3.15. The Balaban J connectivity index is 3.67. The van der Waals surface area contributed by atoms with Gasteiger partial charge in [0.25, 0.3) is 0 Å². The number of allylic oxidation sites excluding steroid dienone is 2. The molecule has 42 valence electrons. The maximum absolute atomic E-state index is 7.76. The Morgan fingerprint density at radius 3 is 2.88 bits per heavy atom. The number of rotatable bonds is 2. The van der Waals surface area contributed by atoms with Crippen LogP contribution in [0.3, 0.4) is 0 Å². The second-order valence-corrected chi connectivity index (χ2v) is 1.37. The van der Waals surface area contributed by atoms with E-state index >= 15 is 0 Å². The predicted molar refractivity (Wildman–Crippen MR) is 33.1 cm³/mol. The molecule has 0 bridgehead atoms. The Kier molecular flexibility index (Phi) is 3.36. The number of hydrogen-bond donors (Lipinski definition) is 0. The van der Waals surface area contributed by atoms with Crippen LogP contribution in [0.25, 0.3) is 10.4 Å². The van der Waals surface area contributed by atoms with Gasteiger partial charge in [0.2, 0.25) is 0 Å². The van der Waals surface area contributed by atoms with Crippen LogP contribution in [0.1, 0.15) is 6.92 Å². The first-order valence-corrected chi connectivity index (χ1v) is 2.13. The van der Waals surface area contributed by atoms with Crippen molar-refractivity contribution in [1.82, 2.24) is 0 Å². The van der Waals surface area contributed by atoms with Gasteiger partial charge in [-0.05, 0) is 12.5 Å². The van der Waals surface area contributed by atoms with Crippen LogP contribution in [0.5, 0.6) is 0 Å². The summed E-state index contributed by atoms with van der Waals surface area (Å²) in [7, 11) is 0. The van der Waals surface area contributed by atoms with Crippen LogP contribution >= 0.6 is 0 Å². The van der Waals surface area contributed by atoms with Gasteiger partial charge in [-0.25, -0.2) is 0 Å². The molecular weight excluding hydrogens is 102 g/mol. The fourth-order valence-corrected chi connectivity index (χ4v) is 0.190. The molecular formula is C5H7N3. The number of azide groups is 1. The van der Waals surface area contributed by atoms with E-state index in [2.05, 4.69) is 16.6 Å². The molecule has 0 aromatic carbocycles. The minimum Gasteiger partial charge on any atom is -0.0961 e. The summed E-state index contributed by atoms with van der Waals surface area (Å²) < 4.78 is 0. The summed E-state index contributed by atoms with van der Waals surface area (Å²) in [6, 6.07) is 0.